The van der Waals surface area contributed by atoms with Crippen LogP contribution in [-0.2, 0) is 4.79 Å². The minimum absolute atomic E-state index is 0.120. The van der Waals surface area contributed by atoms with E-state index in [1.807, 2.05) is 11.8 Å². The summed E-state index contributed by atoms with van der Waals surface area (Å²) in [5.41, 5.74) is 0. The summed E-state index contributed by atoms with van der Waals surface area (Å²) in [7, 11) is 0. The van der Waals surface area contributed by atoms with E-state index in [2.05, 4.69) is 10.6 Å². The van der Waals surface area contributed by atoms with Gasteiger partial charge in [-0.05, 0) is 26.7 Å². The van der Waals surface area contributed by atoms with E-state index in [9.17, 15) is 9.59 Å². The van der Waals surface area contributed by atoms with Crippen LogP contribution in [0.15, 0.2) is 0 Å². The van der Waals surface area contributed by atoms with Crippen molar-refractivity contribution in [3.05, 3.63) is 0 Å². The molecule has 1 aliphatic rings. The van der Waals surface area contributed by atoms with Crippen LogP contribution >= 0.6 is 0 Å². The molecule has 0 aromatic carbocycles. The Morgan fingerprint density at radius 2 is 1.76 bits per heavy atom. The van der Waals surface area contributed by atoms with E-state index < -0.39 is 6.04 Å². The average Bonchev–Trinajstić information content (AvgIpc) is 2.57. The number of nitrogens with zero attached hydrogens (tertiary/aromatic N) is 1. The SMILES string of the molecule is CCNC(=O)C(C)NC(=O)N1CCCCCC1. The van der Waals surface area contributed by atoms with Crippen LogP contribution in [0.3, 0.4) is 0 Å². The average molecular weight is 241 g/mol. The molecule has 1 rings (SSSR count). The van der Waals surface area contributed by atoms with E-state index in [0.717, 1.165) is 25.9 Å². The van der Waals surface area contributed by atoms with Crippen molar-refractivity contribution in [3.8, 4) is 0 Å². The normalized spacial score (nSPS) is 18.1. The quantitative estimate of drug-likeness (QED) is 0.777. The van der Waals surface area contributed by atoms with Gasteiger partial charge in [0.25, 0.3) is 0 Å². The number of urea groups is 1. The predicted octanol–water partition coefficient (Wildman–Crippen LogP) is 1.10. The number of carbonyl (C=O) groups is 2. The van der Waals surface area contributed by atoms with Gasteiger partial charge in [0.1, 0.15) is 6.04 Å². The van der Waals surface area contributed by atoms with Gasteiger partial charge in [-0.2, -0.15) is 0 Å². The van der Waals surface area contributed by atoms with Gasteiger partial charge in [0.2, 0.25) is 5.91 Å². The van der Waals surface area contributed by atoms with Crippen molar-refractivity contribution in [1.29, 1.82) is 0 Å². The molecule has 0 spiro atoms. The van der Waals surface area contributed by atoms with Crippen LogP contribution in [0.1, 0.15) is 39.5 Å². The first-order valence-corrected chi connectivity index (χ1v) is 6.48. The Balaban J connectivity index is 2.38. The van der Waals surface area contributed by atoms with Crippen LogP contribution in [0.5, 0.6) is 0 Å². The van der Waals surface area contributed by atoms with E-state index in [1.165, 1.54) is 12.8 Å². The minimum atomic E-state index is -0.467. The van der Waals surface area contributed by atoms with Gasteiger partial charge in [-0.3, -0.25) is 4.79 Å². The van der Waals surface area contributed by atoms with Crippen molar-refractivity contribution in [2.75, 3.05) is 19.6 Å². The van der Waals surface area contributed by atoms with Crippen LogP contribution in [0, 0.1) is 0 Å². The van der Waals surface area contributed by atoms with Crippen LogP contribution in [0.4, 0.5) is 4.79 Å². The Bertz CT molecular complexity index is 260. The van der Waals surface area contributed by atoms with Gasteiger partial charge >= 0.3 is 6.03 Å². The molecule has 98 valence electrons. The van der Waals surface area contributed by atoms with E-state index in [-0.39, 0.29) is 11.9 Å². The van der Waals surface area contributed by atoms with Gasteiger partial charge in [0.15, 0.2) is 0 Å². The topological polar surface area (TPSA) is 61.4 Å². The molecule has 5 heteroatoms. The predicted molar refractivity (Wildman–Crippen MR) is 66.7 cm³/mol. The Kier molecular flexibility index (Phi) is 5.80. The molecule has 3 amide bonds. The Labute approximate surface area is 103 Å². The molecular weight excluding hydrogens is 218 g/mol. The van der Waals surface area contributed by atoms with E-state index >= 15 is 0 Å². The second-order valence-corrected chi connectivity index (χ2v) is 4.47. The number of hydrogen-bond acceptors (Lipinski definition) is 2. The monoisotopic (exact) mass is 241 g/mol. The lowest BCUT2D eigenvalue weighted by Crippen LogP contribution is -2.50. The third kappa shape index (κ3) is 4.63. The molecule has 0 radical (unpaired) electrons. The summed E-state index contributed by atoms with van der Waals surface area (Å²) < 4.78 is 0. The largest absolute Gasteiger partial charge is 0.355 e. The van der Waals surface area contributed by atoms with Gasteiger partial charge in [-0.1, -0.05) is 12.8 Å². The van der Waals surface area contributed by atoms with Crippen molar-refractivity contribution in [2.45, 2.75) is 45.6 Å². The van der Waals surface area contributed by atoms with Crippen LogP contribution in [0.25, 0.3) is 0 Å². The summed E-state index contributed by atoms with van der Waals surface area (Å²) in [6, 6.07) is -0.587. The highest BCUT2D eigenvalue weighted by Gasteiger charge is 2.20. The van der Waals surface area contributed by atoms with Gasteiger partial charge in [0.05, 0.1) is 0 Å². The summed E-state index contributed by atoms with van der Waals surface area (Å²) in [6.07, 6.45) is 4.50. The second kappa shape index (κ2) is 7.14. The maximum Gasteiger partial charge on any atom is 0.318 e. The second-order valence-electron chi connectivity index (χ2n) is 4.47. The van der Waals surface area contributed by atoms with E-state index in [4.69, 9.17) is 0 Å². The van der Waals surface area contributed by atoms with Crippen molar-refractivity contribution in [2.24, 2.45) is 0 Å². The van der Waals surface area contributed by atoms with Crippen molar-refractivity contribution in [1.82, 2.24) is 15.5 Å². The summed E-state index contributed by atoms with van der Waals surface area (Å²) in [5, 5.41) is 5.43. The van der Waals surface area contributed by atoms with Gasteiger partial charge in [0, 0.05) is 19.6 Å². The number of nitrogens with one attached hydrogen (secondary N) is 2. The fourth-order valence-electron chi connectivity index (χ4n) is 1.94. The fourth-order valence-corrected chi connectivity index (χ4v) is 1.94. The molecule has 1 aliphatic heterocycles. The molecule has 2 N–H and O–H groups in total. The Hall–Kier alpha value is -1.26. The summed E-state index contributed by atoms with van der Waals surface area (Å²) in [6.45, 7) is 5.76. The molecular formula is C12H23N3O2. The zero-order valence-corrected chi connectivity index (χ0v) is 10.8. The van der Waals surface area contributed by atoms with Gasteiger partial charge in [-0.25, -0.2) is 4.79 Å². The lowest BCUT2D eigenvalue weighted by molar-refractivity contribution is -0.122. The number of rotatable bonds is 3. The molecule has 1 heterocycles. The molecule has 0 bridgehead atoms. The molecule has 1 atom stereocenters. The number of likely N-dealkylation sites (tertiary alicyclic amines) is 1. The van der Waals surface area contributed by atoms with Gasteiger partial charge < -0.3 is 15.5 Å². The molecule has 17 heavy (non-hydrogen) atoms. The fraction of sp³-hybridized carbons (Fsp3) is 0.833. The highest BCUT2D eigenvalue weighted by Crippen LogP contribution is 2.09. The van der Waals surface area contributed by atoms with Crippen molar-refractivity contribution in [3.63, 3.8) is 0 Å². The van der Waals surface area contributed by atoms with E-state index in [1.54, 1.807) is 6.92 Å². The number of likely N-dealkylation sites (N-methyl/N-ethyl adjacent to an activating group) is 1. The molecule has 1 saturated heterocycles. The molecule has 0 aromatic heterocycles. The highest BCUT2D eigenvalue weighted by atomic mass is 16.2. The molecule has 0 aromatic rings. The molecule has 0 aliphatic carbocycles. The molecule has 5 nitrogen and oxygen atoms in total. The smallest absolute Gasteiger partial charge is 0.318 e. The lowest BCUT2D eigenvalue weighted by Gasteiger charge is -2.23. The standard InChI is InChI=1S/C12H23N3O2/c1-3-13-11(16)10(2)14-12(17)15-8-6-4-5-7-9-15/h10H,3-9H2,1-2H3,(H,13,16)(H,14,17). The summed E-state index contributed by atoms with van der Waals surface area (Å²) in [4.78, 5) is 25.2. The third-order valence-electron chi connectivity index (χ3n) is 2.98. The van der Waals surface area contributed by atoms with Crippen LogP contribution in [-0.4, -0.2) is 42.5 Å². The Morgan fingerprint density at radius 1 is 1.18 bits per heavy atom. The van der Waals surface area contributed by atoms with Crippen LogP contribution in [0.2, 0.25) is 0 Å². The Morgan fingerprint density at radius 3 is 2.29 bits per heavy atom. The lowest BCUT2D eigenvalue weighted by atomic mass is 10.2. The van der Waals surface area contributed by atoms with Crippen LogP contribution < -0.4 is 10.6 Å². The molecule has 0 saturated carbocycles. The number of hydrogen-bond donors (Lipinski definition) is 2. The summed E-state index contributed by atoms with van der Waals surface area (Å²) in [5.74, 6) is -0.129. The summed E-state index contributed by atoms with van der Waals surface area (Å²) >= 11 is 0. The first-order chi connectivity index (χ1) is 8.15. The zero-order valence-electron chi connectivity index (χ0n) is 10.8. The van der Waals surface area contributed by atoms with Crippen molar-refractivity contribution < 1.29 is 9.59 Å². The third-order valence-corrected chi connectivity index (χ3v) is 2.98. The van der Waals surface area contributed by atoms with Crippen molar-refractivity contribution >= 4 is 11.9 Å². The highest BCUT2D eigenvalue weighted by molar-refractivity contribution is 5.86. The molecule has 1 fully saturated rings. The first-order valence-electron chi connectivity index (χ1n) is 6.48. The maximum atomic E-state index is 11.9. The zero-order chi connectivity index (χ0) is 12.7. The minimum Gasteiger partial charge on any atom is -0.355 e. The number of amides is 3. The van der Waals surface area contributed by atoms with Gasteiger partial charge in [-0.15, -0.1) is 0 Å². The van der Waals surface area contributed by atoms with E-state index in [0.29, 0.717) is 6.54 Å². The first kappa shape index (κ1) is 13.8. The number of carbonyl (C=O) groups excluding carboxylic acids is 2. The molecule has 1 unspecified atom stereocenters. The maximum absolute atomic E-state index is 11.9.